The number of hydrogen-bond donors (Lipinski definition) is 1. The number of benzene rings is 1. The first-order valence-corrected chi connectivity index (χ1v) is 7.13. The van der Waals surface area contributed by atoms with Crippen molar-refractivity contribution in [1.29, 1.82) is 0 Å². The van der Waals surface area contributed by atoms with Gasteiger partial charge in [0.1, 0.15) is 6.04 Å². The SMILES string of the molecule is COC(=O)C(CN(C)c1ccc(C)cc1C)NC1CC1. The van der Waals surface area contributed by atoms with Gasteiger partial charge in [-0.3, -0.25) is 4.79 Å². The van der Waals surface area contributed by atoms with Crippen LogP contribution in [0.4, 0.5) is 5.69 Å². The molecule has 1 aromatic carbocycles. The molecule has 0 saturated heterocycles. The number of esters is 1. The van der Waals surface area contributed by atoms with Gasteiger partial charge in [0.15, 0.2) is 0 Å². The highest BCUT2D eigenvalue weighted by Gasteiger charge is 2.29. The standard InChI is InChI=1S/C16H24N2O2/c1-11-5-8-15(12(2)9-11)18(3)10-14(16(19)20-4)17-13-6-7-13/h5,8-9,13-14,17H,6-7,10H2,1-4H3. The quantitative estimate of drug-likeness (QED) is 0.807. The zero-order chi connectivity index (χ0) is 14.7. The Morgan fingerprint density at radius 3 is 2.70 bits per heavy atom. The molecule has 0 bridgehead atoms. The van der Waals surface area contributed by atoms with Gasteiger partial charge in [0, 0.05) is 25.3 Å². The molecule has 0 spiro atoms. The maximum atomic E-state index is 11.9. The third-order valence-electron chi connectivity index (χ3n) is 3.72. The predicted octanol–water partition coefficient (Wildman–Crippen LogP) is 2.03. The van der Waals surface area contributed by atoms with Gasteiger partial charge in [-0.15, -0.1) is 0 Å². The van der Waals surface area contributed by atoms with Crippen molar-refractivity contribution in [2.75, 3.05) is 25.6 Å². The molecular weight excluding hydrogens is 252 g/mol. The summed E-state index contributed by atoms with van der Waals surface area (Å²) < 4.78 is 4.90. The highest BCUT2D eigenvalue weighted by molar-refractivity contribution is 5.76. The van der Waals surface area contributed by atoms with E-state index in [0.29, 0.717) is 12.6 Å². The van der Waals surface area contributed by atoms with Gasteiger partial charge in [0.25, 0.3) is 0 Å². The third-order valence-corrected chi connectivity index (χ3v) is 3.72. The number of rotatable bonds is 6. The number of nitrogens with one attached hydrogen (secondary N) is 1. The van der Waals surface area contributed by atoms with E-state index in [4.69, 9.17) is 4.74 Å². The zero-order valence-electron chi connectivity index (χ0n) is 12.8. The fraction of sp³-hybridized carbons (Fsp3) is 0.562. The molecule has 0 heterocycles. The summed E-state index contributed by atoms with van der Waals surface area (Å²) in [4.78, 5) is 14.0. The molecule has 4 nitrogen and oxygen atoms in total. The van der Waals surface area contributed by atoms with Gasteiger partial charge in [0.05, 0.1) is 7.11 Å². The van der Waals surface area contributed by atoms with Crippen LogP contribution in [-0.2, 0) is 9.53 Å². The number of anilines is 1. The average Bonchev–Trinajstić information content (AvgIpc) is 3.20. The van der Waals surface area contributed by atoms with Gasteiger partial charge in [0.2, 0.25) is 0 Å². The number of nitrogens with zero attached hydrogens (tertiary/aromatic N) is 1. The second kappa shape index (κ2) is 6.27. The fourth-order valence-corrected chi connectivity index (χ4v) is 2.48. The lowest BCUT2D eigenvalue weighted by molar-refractivity contribution is -0.142. The van der Waals surface area contributed by atoms with E-state index in [1.807, 2.05) is 7.05 Å². The zero-order valence-corrected chi connectivity index (χ0v) is 12.8. The maximum absolute atomic E-state index is 11.9. The molecule has 0 aliphatic heterocycles. The number of likely N-dealkylation sites (N-methyl/N-ethyl adjacent to an activating group) is 1. The average molecular weight is 276 g/mol. The van der Waals surface area contributed by atoms with Crippen molar-refractivity contribution in [3.8, 4) is 0 Å². The number of carbonyl (C=O) groups is 1. The lowest BCUT2D eigenvalue weighted by Crippen LogP contribution is -2.46. The molecule has 1 aliphatic rings. The van der Waals surface area contributed by atoms with Crippen molar-refractivity contribution < 1.29 is 9.53 Å². The second-order valence-corrected chi connectivity index (χ2v) is 5.69. The Morgan fingerprint density at radius 2 is 2.15 bits per heavy atom. The van der Waals surface area contributed by atoms with Crippen LogP contribution in [0.15, 0.2) is 18.2 Å². The van der Waals surface area contributed by atoms with E-state index in [1.54, 1.807) is 0 Å². The lowest BCUT2D eigenvalue weighted by Gasteiger charge is -2.26. The molecule has 1 aliphatic carbocycles. The maximum Gasteiger partial charge on any atom is 0.324 e. The third kappa shape index (κ3) is 3.73. The van der Waals surface area contributed by atoms with Crippen LogP contribution in [0, 0.1) is 13.8 Å². The molecule has 20 heavy (non-hydrogen) atoms. The molecule has 0 amide bonds. The molecule has 4 heteroatoms. The van der Waals surface area contributed by atoms with E-state index < -0.39 is 0 Å². The van der Waals surface area contributed by atoms with Crippen LogP contribution in [0.3, 0.4) is 0 Å². The van der Waals surface area contributed by atoms with E-state index in [0.717, 1.165) is 18.5 Å². The number of methoxy groups -OCH3 is 1. The van der Waals surface area contributed by atoms with Gasteiger partial charge in [-0.1, -0.05) is 17.7 Å². The van der Waals surface area contributed by atoms with Gasteiger partial charge in [-0.25, -0.2) is 0 Å². The first-order chi connectivity index (χ1) is 9.51. The van der Waals surface area contributed by atoms with Crippen LogP contribution in [-0.4, -0.2) is 38.8 Å². The van der Waals surface area contributed by atoms with Crippen LogP contribution in [0.1, 0.15) is 24.0 Å². The second-order valence-electron chi connectivity index (χ2n) is 5.69. The monoisotopic (exact) mass is 276 g/mol. The summed E-state index contributed by atoms with van der Waals surface area (Å²) in [6.07, 6.45) is 2.31. The number of hydrogen-bond acceptors (Lipinski definition) is 4. The summed E-state index contributed by atoms with van der Waals surface area (Å²) >= 11 is 0. The molecule has 1 atom stereocenters. The number of ether oxygens (including phenoxy) is 1. The largest absolute Gasteiger partial charge is 0.468 e. The first kappa shape index (κ1) is 14.9. The van der Waals surface area contributed by atoms with E-state index in [2.05, 4.69) is 42.3 Å². The van der Waals surface area contributed by atoms with E-state index in [1.165, 1.54) is 18.2 Å². The molecule has 1 aromatic rings. The van der Waals surface area contributed by atoms with E-state index >= 15 is 0 Å². The summed E-state index contributed by atoms with van der Waals surface area (Å²) in [5, 5.41) is 3.36. The molecule has 1 N–H and O–H groups in total. The molecule has 1 saturated carbocycles. The predicted molar refractivity (Wildman–Crippen MR) is 81.1 cm³/mol. The summed E-state index contributed by atoms with van der Waals surface area (Å²) in [6.45, 7) is 4.80. The Balaban J connectivity index is 2.06. The highest BCUT2D eigenvalue weighted by atomic mass is 16.5. The van der Waals surface area contributed by atoms with E-state index in [-0.39, 0.29) is 12.0 Å². The normalized spacial score (nSPS) is 15.8. The van der Waals surface area contributed by atoms with Crippen LogP contribution < -0.4 is 10.2 Å². The van der Waals surface area contributed by atoms with Crippen molar-refractivity contribution in [2.45, 2.75) is 38.8 Å². The minimum absolute atomic E-state index is 0.187. The minimum atomic E-state index is -0.266. The number of carbonyl (C=O) groups excluding carboxylic acids is 1. The van der Waals surface area contributed by atoms with Crippen LogP contribution in [0.5, 0.6) is 0 Å². The highest BCUT2D eigenvalue weighted by Crippen LogP contribution is 2.22. The summed E-state index contributed by atoms with van der Waals surface area (Å²) in [5.74, 6) is -0.187. The topological polar surface area (TPSA) is 41.6 Å². The lowest BCUT2D eigenvalue weighted by atomic mass is 10.1. The van der Waals surface area contributed by atoms with Crippen molar-refractivity contribution in [3.63, 3.8) is 0 Å². The van der Waals surface area contributed by atoms with Gasteiger partial charge in [-0.05, 0) is 38.3 Å². The van der Waals surface area contributed by atoms with Crippen LogP contribution in [0.2, 0.25) is 0 Å². The smallest absolute Gasteiger partial charge is 0.324 e. The Kier molecular flexibility index (Phi) is 4.65. The molecule has 1 fully saturated rings. The molecule has 0 radical (unpaired) electrons. The Hall–Kier alpha value is -1.55. The molecule has 2 rings (SSSR count). The Labute approximate surface area is 121 Å². The molecule has 1 unspecified atom stereocenters. The van der Waals surface area contributed by atoms with Crippen molar-refractivity contribution in [2.24, 2.45) is 0 Å². The first-order valence-electron chi connectivity index (χ1n) is 7.13. The van der Waals surface area contributed by atoms with Crippen LogP contribution in [0.25, 0.3) is 0 Å². The summed E-state index contributed by atoms with van der Waals surface area (Å²) in [7, 11) is 3.46. The fourth-order valence-electron chi connectivity index (χ4n) is 2.48. The molecular formula is C16H24N2O2. The van der Waals surface area contributed by atoms with Crippen molar-refractivity contribution in [1.82, 2.24) is 5.32 Å². The van der Waals surface area contributed by atoms with Gasteiger partial charge < -0.3 is 15.0 Å². The number of aryl methyl sites for hydroxylation is 2. The Bertz CT molecular complexity index is 483. The minimum Gasteiger partial charge on any atom is -0.468 e. The van der Waals surface area contributed by atoms with Crippen LogP contribution >= 0.6 is 0 Å². The molecule has 0 aromatic heterocycles. The van der Waals surface area contributed by atoms with Gasteiger partial charge >= 0.3 is 5.97 Å². The molecule has 110 valence electrons. The van der Waals surface area contributed by atoms with Crippen molar-refractivity contribution in [3.05, 3.63) is 29.3 Å². The summed E-state index contributed by atoms with van der Waals surface area (Å²) in [5.41, 5.74) is 3.63. The van der Waals surface area contributed by atoms with Gasteiger partial charge in [-0.2, -0.15) is 0 Å². The van der Waals surface area contributed by atoms with E-state index in [9.17, 15) is 4.79 Å². The van der Waals surface area contributed by atoms with Crippen molar-refractivity contribution >= 4 is 11.7 Å². The Morgan fingerprint density at radius 1 is 1.45 bits per heavy atom. The summed E-state index contributed by atoms with van der Waals surface area (Å²) in [6, 6.07) is 6.58.